The van der Waals surface area contributed by atoms with E-state index in [1.807, 2.05) is 30.4 Å². The van der Waals surface area contributed by atoms with Gasteiger partial charge in [-0.05, 0) is 47.5 Å². The first-order chi connectivity index (χ1) is 13.4. The first kappa shape index (κ1) is 19.7. The van der Waals surface area contributed by atoms with Crippen LogP contribution in [0, 0.1) is 0 Å². The summed E-state index contributed by atoms with van der Waals surface area (Å²) in [6, 6.07) is 18.5. The largest absolute Gasteiger partial charge is 0.478 e. The molecule has 4 nitrogen and oxygen atoms in total. The molecule has 3 aromatic rings. The lowest BCUT2D eigenvalue weighted by atomic mass is 10.1. The normalized spacial score (nSPS) is 10.8. The van der Waals surface area contributed by atoms with Crippen molar-refractivity contribution in [3.63, 3.8) is 0 Å². The molecule has 0 aromatic heterocycles. The van der Waals surface area contributed by atoms with E-state index in [-0.39, 0.29) is 11.5 Å². The second kappa shape index (κ2) is 8.74. The average molecular weight is 412 g/mol. The quantitative estimate of drug-likeness (QED) is 0.497. The summed E-state index contributed by atoms with van der Waals surface area (Å²) in [5, 5.41) is 12.6. The molecule has 6 heteroatoms. The minimum absolute atomic E-state index is 0.227. The molecule has 0 aliphatic heterocycles. The minimum Gasteiger partial charge on any atom is -0.478 e. The smallest absolute Gasteiger partial charge is 0.335 e. The highest BCUT2D eigenvalue weighted by atomic mass is 35.5. The second-order valence-corrected chi connectivity index (χ2v) is 6.83. The molecule has 1 amide bonds. The number of amides is 1. The fourth-order valence-electron chi connectivity index (χ4n) is 2.56. The molecule has 0 heterocycles. The van der Waals surface area contributed by atoms with Gasteiger partial charge in [0.05, 0.1) is 5.56 Å². The Labute approximate surface area is 172 Å². The summed E-state index contributed by atoms with van der Waals surface area (Å²) in [6.07, 6.45) is 3.68. The van der Waals surface area contributed by atoms with Gasteiger partial charge in [0.2, 0.25) is 0 Å². The molecule has 0 fully saturated rings. The number of aromatic carboxylic acids is 1. The number of carbonyl (C=O) groups is 2. The van der Waals surface area contributed by atoms with Crippen molar-refractivity contribution in [2.24, 2.45) is 0 Å². The zero-order chi connectivity index (χ0) is 20.1. The standard InChI is InChI=1S/C22H15Cl2NO3/c23-18-11-17(12-19(24)13-18)21(26)25-20-4-2-1-3-15(20)8-5-14-6-9-16(10-7-14)22(27)28/h1-13H,(H,25,26)(H,27,28). The van der Waals surface area contributed by atoms with Gasteiger partial charge in [-0.25, -0.2) is 4.79 Å². The van der Waals surface area contributed by atoms with Crippen LogP contribution < -0.4 is 5.32 Å². The predicted octanol–water partition coefficient (Wildman–Crippen LogP) is 6.11. The van der Waals surface area contributed by atoms with E-state index >= 15 is 0 Å². The number of hydrogen-bond acceptors (Lipinski definition) is 2. The molecule has 140 valence electrons. The first-order valence-corrected chi connectivity index (χ1v) is 9.06. The molecule has 0 aliphatic rings. The van der Waals surface area contributed by atoms with Gasteiger partial charge in [-0.15, -0.1) is 0 Å². The van der Waals surface area contributed by atoms with Gasteiger partial charge in [0, 0.05) is 21.3 Å². The molecule has 0 saturated carbocycles. The minimum atomic E-state index is -0.968. The SMILES string of the molecule is O=C(O)c1ccc(C=Cc2ccccc2NC(=O)c2cc(Cl)cc(Cl)c2)cc1. The number of nitrogens with one attached hydrogen (secondary N) is 1. The van der Waals surface area contributed by atoms with Crippen molar-refractivity contribution >= 4 is 52.9 Å². The number of carbonyl (C=O) groups excluding carboxylic acids is 1. The van der Waals surface area contributed by atoms with Crippen LogP contribution in [0.25, 0.3) is 12.2 Å². The average Bonchev–Trinajstić information content (AvgIpc) is 2.67. The van der Waals surface area contributed by atoms with Crippen molar-refractivity contribution in [2.75, 3.05) is 5.32 Å². The molecular weight excluding hydrogens is 397 g/mol. The molecule has 0 atom stereocenters. The molecule has 0 bridgehead atoms. The number of para-hydroxylation sites is 1. The lowest BCUT2D eigenvalue weighted by Crippen LogP contribution is -2.12. The molecule has 0 spiro atoms. The maximum absolute atomic E-state index is 12.5. The molecule has 2 N–H and O–H groups in total. The number of anilines is 1. The molecule has 3 aromatic carbocycles. The van der Waals surface area contributed by atoms with E-state index in [9.17, 15) is 9.59 Å². The highest BCUT2D eigenvalue weighted by Gasteiger charge is 2.10. The number of carboxylic acid groups (broad SMARTS) is 1. The summed E-state index contributed by atoms with van der Waals surface area (Å²) in [5.74, 6) is -1.29. The van der Waals surface area contributed by atoms with E-state index in [1.165, 1.54) is 0 Å². The van der Waals surface area contributed by atoms with E-state index < -0.39 is 5.97 Å². The van der Waals surface area contributed by atoms with Gasteiger partial charge >= 0.3 is 5.97 Å². The van der Waals surface area contributed by atoms with Gasteiger partial charge in [0.1, 0.15) is 0 Å². The topological polar surface area (TPSA) is 66.4 Å². The summed E-state index contributed by atoms with van der Waals surface area (Å²) < 4.78 is 0. The van der Waals surface area contributed by atoms with Gasteiger partial charge in [-0.3, -0.25) is 4.79 Å². The van der Waals surface area contributed by atoms with Crippen molar-refractivity contribution in [1.29, 1.82) is 0 Å². The van der Waals surface area contributed by atoms with E-state index in [0.717, 1.165) is 11.1 Å². The zero-order valence-corrected chi connectivity index (χ0v) is 16.0. The van der Waals surface area contributed by atoms with E-state index in [2.05, 4.69) is 5.32 Å². The van der Waals surface area contributed by atoms with Gasteiger partial charge in [0.15, 0.2) is 0 Å². The van der Waals surface area contributed by atoms with Crippen LogP contribution in [0.5, 0.6) is 0 Å². The van der Waals surface area contributed by atoms with Crippen molar-refractivity contribution in [3.05, 3.63) is 99.0 Å². The Bertz CT molecular complexity index is 1040. The van der Waals surface area contributed by atoms with Crippen LogP contribution in [0.4, 0.5) is 5.69 Å². The highest BCUT2D eigenvalue weighted by molar-refractivity contribution is 6.35. The summed E-state index contributed by atoms with van der Waals surface area (Å²) in [5.41, 5.74) is 2.85. The van der Waals surface area contributed by atoms with Crippen LogP contribution in [-0.4, -0.2) is 17.0 Å². The first-order valence-electron chi connectivity index (χ1n) is 8.30. The second-order valence-electron chi connectivity index (χ2n) is 5.96. The summed E-state index contributed by atoms with van der Waals surface area (Å²) in [7, 11) is 0. The van der Waals surface area contributed by atoms with Crippen molar-refractivity contribution in [2.45, 2.75) is 0 Å². The molecule has 0 saturated heterocycles. The summed E-state index contributed by atoms with van der Waals surface area (Å²) in [6.45, 7) is 0. The van der Waals surface area contributed by atoms with Crippen molar-refractivity contribution in [3.8, 4) is 0 Å². The Kier molecular flexibility index (Phi) is 6.14. The van der Waals surface area contributed by atoms with Gasteiger partial charge in [-0.1, -0.05) is 65.7 Å². The maximum atomic E-state index is 12.5. The highest BCUT2D eigenvalue weighted by Crippen LogP contribution is 2.22. The third-order valence-electron chi connectivity index (χ3n) is 3.95. The number of halogens is 2. The third-order valence-corrected chi connectivity index (χ3v) is 4.38. The molecule has 0 unspecified atom stereocenters. The van der Waals surface area contributed by atoms with Crippen LogP contribution in [-0.2, 0) is 0 Å². The third kappa shape index (κ3) is 5.00. The van der Waals surface area contributed by atoms with E-state index in [0.29, 0.717) is 21.3 Å². The molecule has 0 radical (unpaired) electrons. The Morgan fingerprint density at radius 1 is 0.821 bits per heavy atom. The Hall–Kier alpha value is -3.08. The van der Waals surface area contributed by atoms with Gasteiger partial charge < -0.3 is 10.4 Å². The number of carboxylic acids is 1. The molecule has 3 rings (SSSR count). The van der Waals surface area contributed by atoms with E-state index in [1.54, 1.807) is 48.5 Å². The predicted molar refractivity (Wildman–Crippen MR) is 113 cm³/mol. The van der Waals surface area contributed by atoms with Gasteiger partial charge in [0.25, 0.3) is 5.91 Å². The van der Waals surface area contributed by atoms with Crippen molar-refractivity contribution < 1.29 is 14.7 Å². The van der Waals surface area contributed by atoms with Crippen molar-refractivity contribution in [1.82, 2.24) is 0 Å². The monoisotopic (exact) mass is 411 g/mol. The summed E-state index contributed by atoms with van der Waals surface area (Å²) >= 11 is 11.9. The van der Waals surface area contributed by atoms with Crippen LogP contribution >= 0.6 is 23.2 Å². The lowest BCUT2D eigenvalue weighted by Gasteiger charge is -2.09. The fraction of sp³-hybridized carbons (Fsp3) is 0. The number of benzene rings is 3. The number of hydrogen-bond donors (Lipinski definition) is 2. The number of rotatable bonds is 5. The van der Waals surface area contributed by atoms with Crippen LogP contribution in [0.1, 0.15) is 31.8 Å². The molecule has 0 aliphatic carbocycles. The van der Waals surface area contributed by atoms with E-state index in [4.69, 9.17) is 28.3 Å². The fourth-order valence-corrected chi connectivity index (χ4v) is 3.08. The van der Waals surface area contributed by atoms with Crippen LogP contribution in [0.15, 0.2) is 66.7 Å². The van der Waals surface area contributed by atoms with Crippen LogP contribution in [0.3, 0.4) is 0 Å². The summed E-state index contributed by atoms with van der Waals surface area (Å²) in [4.78, 5) is 23.5. The van der Waals surface area contributed by atoms with Crippen LogP contribution in [0.2, 0.25) is 10.0 Å². The zero-order valence-electron chi connectivity index (χ0n) is 14.5. The molecule has 28 heavy (non-hydrogen) atoms. The molecular formula is C22H15Cl2NO3. The Balaban J connectivity index is 1.80. The Morgan fingerprint density at radius 2 is 1.46 bits per heavy atom. The Morgan fingerprint density at radius 3 is 2.11 bits per heavy atom. The lowest BCUT2D eigenvalue weighted by molar-refractivity contribution is 0.0696. The van der Waals surface area contributed by atoms with Gasteiger partial charge in [-0.2, -0.15) is 0 Å². The maximum Gasteiger partial charge on any atom is 0.335 e.